The number of ether oxygens (including phenoxy) is 4. The number of hydrogen-bond acceptors (Lipinski definition) is 11. The molecule has 2 amide bonds. The first-order valence-corrected chi connectivity index (χ1v) is 11.4. The molecule has 0 bridgehead atoms. The molecule has 0 aliphatic carbocycles. The van der Waals surface area contributed by atoms with Gasteiger partial charge in [-0.05, 0) is 24.3 Å². The van der Waals surface area contributed by atoms with E-state index in [4.69, 9.17) is 24.7 Å². The van der Waals surface area contributed by atoms with Crippen molar-refractivity contribution in [1.29, 1.82) is 0 Å². The van der Waals surface area contributed by atoms with E-state index in [1.807, 2.05) is 4.98 Å². The molecule has 4 rings (SSSR count). The number of carbonyl (C=O) groups is 2. The highest BCUT2D eigenvalue weighted by molar-refractivity contribution is 6.02. The molecule has 0 saturated carbocycles. The number of nitrogens with zero attached hydrogens (tertiary/aromatic N) is 1. The maximum absolute atomic E-state index is 13.5. The average Bonchev–Trinajstić information content (AvgIpc) is 3.19. The number of halogens is 1. The van der Waals surface area contributed by atoms with Gasteiger partial charge in [0.15, 0.2) is 18.1 Å². The highest BCUT2D eigenvalue weighted by atomic mass is 19.1. The molecule has 1 aromatic carbocycles. The van der Waals surface area contributed by atoms with Crippen molar-refractivity contribution in [3.63, 3.8) is 0 Å². The normalized spacial score (nSPS) is 29.3. The number of aromatic amines is 1. The largest absolute Gasteiger partial charge is 0.456 e. The van der Waals surface area contributed by atoms with Crippen LogP contribution in [-0.2, 0) is 28.5 Å². The number of aromatic nitrogens is 2. The van der Waals surface area contributed by atoms with E-state index >= 15 is 0 Å². The Kier molecular flexibility index (Phi) is 8.24. The summed E-state index contributed by atoms with van der Waals surface area (Å²) >= 11 is 0. The first-order chi connectivity index (χ1) is 18.5. The molecule has 2 aliphatic rings. The second-order valence-electron chi connectivity index (χ2n) is 8.62. The van der Waals surface area contributed by atoms with Crippen LogP contribution >= 0.6 is 0 Å². The third-order valence-corrected chi connectivity index (χ3v) is 6.01. The third-order valence-electron chi connectivity index (χ3n) is 6.01. The fourth-order valence-electron chi connectivity index (χ4n) is 4.15. The Morgan fingerprint density at radius 3 is 2.59 bits per heavy atom. The van der Waals surface area contributed by atoms with Gasteiger partial charge in [-0.15, -0.1) is 0 Å². The minimum Gasteiger partial charge on any atom is -0.456 e. The van der Waals surface area contributed by atoms with Crippen molar-refractivity contribution in [3.05, 3.63) is 75.0 Å². The Labute approximate surface area is 218 Å². The number of aliphatic hydroxyl groups is 3. The molecule has 0 spiro atoms. The van der Waals surface area contributed by atoms with Crippen LogP contribution in [0.4, 0.5) is 10.1 Å². The van der Waals surface area contributed by atoms with E-state index in [1.165, 1.54) is 19.2 Å². The summed E-state index contributed by atoms with van der Waals surface area (Å²) in [7, 11) is 1.17. The molecule has 16 heteroatoms. The van der Waals surface area contributed by atoms with E-state index in [-0.39, 0.29) is 5.69 Å². The highest BCUT2D eigenvalue weighted by Gasteiger charge is 2.52. The van der Waals surface area contributed by atoms with Gasteiger partial charge in [-0.3, -0.25) is 23.9 Å². The van der Waals surface area contributed by atoms with Crippen molar-refractivity contribution in [2.45, 2.75) is 49.1 Å². The van der Waals surface area contributed by atoms with Crippen molar-refractivity contribution in [3.8, 4) is 0 Å². The number of anilines is 1. The first kappa shape index (κ1) is 28.1. The SMILES string of the molecule is CO[C@H]1[C@@H](O)[C@H](n2ccc(=O)[nH]c2=O)O[C@@H]1[C@H](O[C@@H]1OC(C(=O)Nc2cccc(F)c2)=C[C@H](O)[C@@H]1O)C(N)=O. The molecular weight excluding hydrogens is 527 g/mol. The predicted octanol–water partition coefficient (Wildman–Crippen LogP) is -2.58. The van der Waals surface area contributed by atoms with E-state index in [2.05, 4.69) is 5.32 Å². The smallest absolute Gasteiger partial charge is 0.330 e. The lowest BCUT2D eigenvalue weighted by Crippen LogP contribution is -2.53. The van der Waals surface area contributed by atoms with Crippen LogP contribution in [0, 0.1) is 5.82 Å². The van der Waals surface area contributed by atoms with Gasteiger partial charge in [0.1, 0.15) is 36.3 Å². The van der Waals surface area contributed by atoms with Crippen molar-refractivity contribution in [1.82, 2.24) is 9.55 Å². The number of amides is 2. The lowest BCUT2D eigenvalue weighted by atomic mass is 10.0. The number of rotatable bonds is 8. The number of aliphatic hydroxyl groups excluding tert-OH is 3. The number of carbonyl (C=O) groups excluding carboxylic acids is 2. The van der Waals surface area contributed by atoms with Crippen LogP contribution in [0.25, 0.3) is 0 Å². The van der Waals surface area contributed by atoms with E-state index in [9.17, 15) is 38.9 Å². The van der Waals surface area contributed by atoms with Gasteiger partial charge in [0, 0.05) is 25.1 Å². The third kappa shape index (κ3) is 5.90. The second-order valence-corrected chi connectivity index (χ2v) is 8.62. The number of hydrogen-bond donors (Lipinski definition) is 6. The minimum absolute atomic E-state index is 0.0670. The molecule has 2 aromatic rings. The predicted molar refractivity (Wildman–Crippen MR) is 126 cm³/mol. The Morgan fingerprint density at radius 2 is 1.95 bits per heavy atom. The number of nitrogens with two attached hydrogens (primary N) is 1. The quantitative estimate of drug-likeness (QED) is 0.199. The monoisotopic (exact) mass is 552 g/mol. The molecule has 39 heavy (non-hydrogen) atoms. The fourth-order valence-corrected chi connectivity index (χ4v) is 4.15. The van der Waals surface area contributed by atoms with Crippen molar-refractivity contribution < 1.29 is 48.2 Å². The average molecular weight is 552 g/mol. The van der Waals surface area contributed by atoms with Crippen molar-refractivity contribution in [2.75, 3.05) is 12.4 Å². The Bertz CT molecular complexity index is 1380. The summed E-state index contributed by atoms with van der Waals surface area (Å²) in [4.78, 5) is 50.7. The van der Waals surface area contributed by atoms with Crippen LogP contribution < -0.4 is 22.3 Å². The van der Waals surface area contributed by atoms with Gasteiger partial charge in [-0.25, -0.2) is 9.18 Å². The summed E-state index contributed by atoms with van der Waals surface area (Å²) in [5.41, 5.74) is 3.94. The van der Waals surface area contributed by atoms with Crippen LogP contribution in [0.5, 0.6) is 0 Å². The Balaban J connectivity index is 1.55. The van der Waals surface area contributed by atoms with E-state index < -0.39 is 83.8 Å². The van der Waals surface area contributed by atoms with Crippen LogP contribution in [-0.4, -0.2) is 86.7 Å². The summed E-state index contributed by atoms with van der Waals surface area (Å²) in [6, 6.07) is 5.93. The summed E-state index contributed by atoms with van der Waals surface area (Å²) in [6.07, 6.45) is -11.1. The minimum atomic E-state index is -1.86. The van der Waals surface area contributed by atoms with Gasteiger partial charge in [-0.1, -0.05) is 6.07 Å². The standard InChI is InChI=1S/C23H25FN4O11/c1-36-16-15(32)21(28-6-5-13(30)27-23(28)35)38-17(16)18(19(25)33)39-22-14(31)11(29)8-12(37-22)20(34)26-10-4-2-3-9(24)7-10/h2-8,11,14-18,21-22,29,31-32H,1H3,(H2,25,33)(H,26,34)(H,27,30,35)/t11-,14-,15+,16-,17-,18-,21+,22-/m0/s1. The zero-order valence-corrected chi connectivity index (χ0v) is 20.2. The van der Waals surface area contributed by atoms with E-state index in [0.717, 1.165) is 35.0 Å². The molecule has 7 N–H and O–H groups in total. The molecule has 15 nitrogen and oxygen atoms in total. The number of benzene rings is 1. The van der Waals surface area contributed by atoms with Gasteiger partial charge in [0.05, 0.1) is 0 Å². The molecule has 1 fully saturated rings. The molecular formula is C23H25FN4O11. The zero-order valence-electron chi connectivity index (χ0n) is 20.2. The maximum Gasteiger partial charge on any atom is 0.330 e. The molecule has 0 unspecified atom stereocenters. The number of nitrogens with one attached hydrogen (secondary N) is 2. The van der Waals surface area contributed by atoms with Crippen LogP contribution in [0.2, 0.25) is 0 Å². The van der Waals surface area contributed by atoms with Crippen LogP contribution in [0.3, 0.4) is 0 Å². The molecule has 0 radical (unpaired) electrons. The van der Waals surface area contributed by atoms with Gasteiger partial charge in [-0.2, -0.15) is 0 Å². The molecule has 2 aliphatic heterocycles. The lowest BCUT2D eigenvalue weighted by Gasteiger charge is -2.35. The van der Waals surface area contributed by atoms with Crippen molar-refractivity contribution >= 4 is 17.5 Å². The van der Waals surface area contributed by atoms with Gasteiger partial charge < -0.3 is 45.3 Å². The summed E-state index contributed by atoms with van der Waals surface area (Å²) in [6.45, 7) is 0. The molecule has 210 valence electrons. The van der Waals surface area contributed by atoms with Gasteiger partial charge in [0.2, 0.25) is 12.2 Å². The van der Waals surface area contributed by atoms with E-state index in [1.54, 1.807) is 0 Å². The Hall–Kier alpha value is -3.93. The zero-order chi connectivity index (χ0) is 28.4. The maximum atomic E-state index is 13.5. The van der Waals surface area contributed by atoms with Crippen LogP contribution in [0.15, 0.2) is 58.0 Å². The number of H-pyrrole nitrogens is 1. The lowest BCUT2D eigenvalue weighted by molar-refractivity contribution is -0.241. The first-order valence-electron chi connectivity index (χ1n) is 11.4. The van der Waals surface area contributed by atoms with Crippen molar-refractivity contribution in [2.24, 2.45) is 5.73 Å². The molecule has 1 aromatic heterocycles. The topological polar surface area (TPSA) is 225 Å². The second kappa shape index (κ2) is 11.4. The van der Waals surface area contributed by atoms with Crippen LogP contribution in [0.1, 0.15) is 6.23 Å². The summed E-state index contributed by atoms with van der Waals surface area (Å²) in [5.74, 6) is -3.26. The molecule has 1 saturated heterocycles. The highest BCUT2D eigenvalue weighted by Crippen LogP contribution is 2.34. The van der Waals surface area contributed by atoms with E-state index in [0.29, 0.717) is 0 Å². The summed E-state index contributed by atoms with van der Waals surface area (Å²) in [5, 5.41) is 33.8. The fraction of sp³-hybridized carbons (Fsp3) is 0.391. The number of methoxy groups -OCH3 is 1. The molecule has 3 heterocycles. The Morgan fingerprint density at radius 1 is 1.21 bits per heavy atom. The number of primary amides is 1. The molecule has 8 atom stereocenters. The summed E-state index contributed by atoms with van der Waals surface area (Å²) < 4.78 is 36.2. The van der Waals surface area contributed by atoms with Gasteiger partial charge in [0.25, 0.3) is 11.5 Å². The van der Waals surface area contributed by atoms with Gasteiger partial charge >= 0.3 is 5.69 Å².